The van der Waals surface area contributed by atoms with Crippen molar-refractivity contribution in [3.05, 3.63) is 0 Å². The van der Waals surface area contributed by atoms with E-state index in [1.807, 2.05) is 13.8 Å². The zero-order valence-electron chi connectivity index (χ0n) is 12.7. The standard InChI is InChI=1S/C14H25N3O3.ClH/c1-9(2)17-6-3-11(14(17)19)16-13(18)12(15)10-4-7-20-8-5-10;/h9-12H,3-8,15H2,1-2H3,(H,16,18);1H. The number of carbonyl (C=O) groups is 2. The minimum atomic E-state index is -0.542. The number of amides is 2. The lowest BCUT2D eigenvalue weighted by Crippen LogP contribution is -2.52. The van der Waals surface area contributed by atoms with Crippen molar-refractivity contribution < 1.29 is 14.3 Å². The Hall–Kier alpha value is -0.850. The van der Waals surface area contributed by atoms with E-state index in [9.17, 15) is 9.59 Å². The molecule has 0 radical (unpaired) electrons. The third-order valence-electron chi connectivity index (χ3n) is 4.26. The summed E-state index contributed by atoms with van der Waals surface area (Å²) >= 11 is 0. The summed E-state index contributed by atoms with van der Waals surface area (Å²) in [6.07, 6.45) is 2.29. The Morgan fingerprint density at radius 1 is 1.33 bits per heavy atom. The van der Waals surface area contributed by atoms with E-state index in [-0.39, 0.29) is 36.2 Å². The first-order chi connectivity index (χ1) is 9.50. The minimum absolute atomic E-state index is 0. The van der Waals surface area contributed by atoms with Gasteiger partial charge in [-0.15, -0.1) is 12.4 Å². The maximum atomic E-state index is 12.2. The van der Waals surface area contributed by atoms with E-state index in [0.717, 1.165) is 12.8 Å². The van der Waals surface area contributed by atoms with Crippen LogP contribution in [0.3, 0.4) is 0 Å². The SMILES string of the molecule is CC(C)N1CCC(NC(=O)C(N)C2CCOCC2)C1=O.Cl. The molecular formula is C14H26ClN3O3. The van der Waals surface area contributed by atoms with E-state index >= 15 is 0 Å². The Labute approximate surface area is 132 Å². The van der Waals surface area contributed by atoms with Crippen molar-refractivity contribution in [2.24, 2.45) is 11.7 Å². The zero-order chi connectivity index (χ0) is 14.7. The minimum Gasteiger partial charge on any atom is -0.381 e. The van der Waals surface area contributed by atoms with Crippen LogP contribution >= 0.6 is 12.4 Å². The third kappa shape index (κ3) is 4.31. The molecule has 2 heterocycles. The van der Waals surface area contributed by atoms with Gasteiger partial charge >= 0.3 is 0 Å². The van der Waals surface area contributed by atoms with E-state index < -0.39 is 12.1 Å². The maximum Gasteiger partial charge on any atom is 0.245 e. The van der Waals surface area contributed by atoms with Gasteiger partial charge in [-0.05, 0) is 39.0 Å². The number of nitrogens with two attached hydrogens (primary N) is 1. The molecule has 122 valence electrons. The average Bonchev–Trinajstić information content (AvgIpc) is 2.80. The van der Waals surface area contributed by atoms with Crippen molar-refractivity contribution in [1.82, 2.24) is 10.2 Å². The van der Waals surface area contributed by atoms with Gasteiger partial charge in [0, 0.05) is 25.8 Å². The molecule has 0 aromatic rings. The highest BCUT2D eigenvalue weighted by molar-refractivity contribution is 5.91. The predicted molar refractivity (Wildman–Crippen MR) is 82.2 cm³/mol. The number of nitrogens with zero attached hydrogens (tertiary/aromatic N) is 1. The Morgan fingerprint density at radius 2 is 1.95 bits per heavy atom. The van der Waals surface area contributed by atoms with Crippen LogP contribution in [0.15, 0.2) is 0 Å². The summed E-state index contributed by atoms with van der Waals surface area (Å²) in [5.41, 5.74) is 6.02. The Morgan fingerprint density at radius 3 is 2.48 bits per heavy atom. The Balaban J connectivity index is 0.00000220. The molecule has 0 spiro atoms. The van der Waals surface area contributed by atoms with E-state index in [1.54, 1.807) is 4.90 Å². The number of hydrogen-bond donors (Lipinski definition) is 2. The van der Waals surface area contributed by atoms with Crippen molar-refractivity contribution in [1.29, 1.82) is 0 Å². The Kier molecular flexibility index (Phi) is 6.90. The van der Waals surface area contributed by atoms with Gasteiger partial charge in [0.25, 0.3) is 0 Å². The fraction of sp³-hybridized carbons (Fsp3) is 0.857. The summed E-state index contributed by atoms with van der Waals surface area (Å²) in [6, 6.07) is -0.774. The fourth-order valence-electron chi connectivity index (χ4n) is 2.91. The molecule has 0 aromatic carbocycles. The lowest BCUT2D eigenvalue weighted by molar-refractivity contribution is -0.134. The first-order valence-corrected chi connectivity index (χ1v) is 7.45. The van der Waals surface area contributed by atoms with Crippen molar-refractivity contribution in [2.75, 3.05) is 19.8 Å². The normalized spacial score (nSPS) is 24.9. The molecule has 3 N–H and O–H groups in total. The summed E-state index contributed by atoms with van der Waals surface area (Å²) in [7, 11) is 0. The molecular weight excluding hydrogens is 294 g/mol. The van der Waals surface area contributed by atoms with E-state index in [0.29, 0.717) is 26.2 Å². The molecule has 0 aromatic heterocycles. The van der Waals surface area contributed by atoms with Gasteiger partial charge < -0.3 is 20.7 Å². The van der Waals surface area contributed by atoms with Crippen LogP contribution in [0.25, 0.3) is 0 Å². The fourth-order valence-corrected chi connectivity index (χ4v) is 2.91. The van der Waals surface area contributed by atoms with Crippen molar-refractivity contribution in [3.63, 3.8) is 0 Å². The number of hydrogen-bond acceptors (Lipinski definition) is 4. The molecule has 0 aliphatic carbocycles. The van der Waals surface area contributed by atoms with Crippen molar-refractivity contribution >= 4 is 24.2 Å². The quantitative estimate of drug-likeness (QED) is 0.780. The smallest absolute Gasteiger partial charge is 0.245 e. The number of ether oxygens (including phenoxy) is 1. The number of halogens is 1. The first kappa shape index (κ1) is 18.2. The lowest BCUT2D eigenvalue weighted by Gasteiger charge is -2.27. The molecule has 7 heteroatoms. The highest BCUT2D eigenvalue weighted by atomic mass is 35.5. The highest BCUT2D eigenvalue weighted by Crippen LogP contribution is 2.19. The van der Waals surface area contributed by atoms with E-state index in [2.05, 4.69) is 5.32 Å². The lowest BCUT2D eigenvalue weighted by atomic mass is 9.91. The molecule has 2 unspecified atom stereocenters. The third-order valence-corrected chi connectivity index (χ3v) is 4.26. The molecule has 2 atom stereocenters. The van der Waals surface area contributed by atoms with Gasteiger partial charge in [-0.3, -0.25) is 9.59 Å². The molecule has 2 rings (SSSR count). The van der Waals surface area contributed by atoms with Gasteiger partial charge in [-0.25, -0.2) is 0 Å². The second-order valence-electron chi connectivity index (χ2n) is 5.95. The summed E-state index contributed by atoms with van der Waals surface area (Å²) in [4.78, 5) is 26.1. The molecule has 0 saturated carbocycles. The van der Waals surface area contributed by atoms with Crippen LogP contribution in [-0.4, -0.2) is 54.6 Å². The topological polar surface area (TPSA) is 84.7 Å². The summed E-state index contributed by atoms with van der Waals surface area (Å²) in [6.45, 7) is 5.99. The largest absolute Gasteiger partial charge is 0.381 e. The van der Waals surface area contributed by atoms with Crippen LogP contribution in [0.5, 0.6) is 0 Å². The number of rotatable bonds is 4. The monoisotopic (exact) mass is 319 g/mol. The Bertz CT molecular complexity index is 372. The molecule has 2 fully saturated rings. The van der Waals surface area contributed by atoms with Crippen LogP contribution in [0.2, 0.25) is 0 Å². The van der Waals surface area contributed by atoms with Crippen molar-refractivity contribution in [3.8, 4) is 0 Å². The molecule has 21 heavy (non-hydrogen) atoms. The molecule has 6 nitrogen and oxygen atoms in total. The van der Waals surface area contributed by atoms with Gasteiger partial charge in [-0.2, -0.15) is 0 Å². The second-order valence-corrected chi connectivity index (χ2v) is 5.95. The average molecular weight is 320 g/mol. The highest BCUT2D eigenvalue weighted by Gasteiger charge is 2.36. The summed E-state index contributed by atoms with van der Waals surface area (Å²) in [5, 5.41) is 2.81. The second kappa shape index (κ2) is 7.96. The van der Waals surface area contributed by atoms with Crippen LogP contribution in [0.4, 0.5) is 0 Å². The zero-order valence-corrected chi connectivity index (χ0v) is 13.5. The van der Waals surface area contributed by atoms with Crippen LogP contribution in [0, 0.1) is 5.92 Å². The van der Waals surface area contributed by atoms with Gasteiger partial charge in [0.15, 0.2) is 0 Å². The van der Waals surface area contributed by atoms with Crippen molar-refractivity contribution in [2.45, 2.75) is 51.2 Å². The summed E-state index contributed by atoms with van der Waals surface area (Å²) < 4.78 is 5.27. The van der Waals surface area contributed by atoms with Gasteiger partial charge in [0.1, 0.15) is 6.04 Å². The molecule has 2 saturated heterocycles. The van der Waals surface area contributed by atoms with Crippen LogP contribution < -0.4 is 11.1 Å². The number of nitrogens with one attached hydrogen (secondary N) is 1. The van der Waals surface area contributed by atoms with Gasteiger partial charge in [-0.1, -0.05) is 0 Å². The molecule has 2 aliphatic heterocycles. The predicted octanol–water partition coefficient (Wildman–Crippen LogP) is 0.288. The molecule has 2 amide bonds. The maximum absolute atomic E-state index is 12.2. The molecule has 0 bridgehead atoms. The van der Waals surface area contributed by atoms with E-state index in [4.69, 9.17) is 10.5 Å². The first-order valence-electron chi connectivity index (χ1n) is 7.45. The van der Waals surface area contributed by atoms with Gasteiger partial charge in [0.05, 0.1) is 6.04 Å². The van der Waals surface area contributed by atoms with Gasteiger partial charge in [0.2, 0.25) is 11.8 Å². The van der Waals surface area contributed by atoms with E-state index in [1.165, 1.54) is 0 Å². The van der Waals surface area contributed by atoms with Crippen LogP contribution in [-0.2, 0) is 14.3 Å². The van der Waals surface area contributed by atoms with Crippen LogP contribution in [0.1, 0.15) is 33.1 Å². The number of carbonyl (C=O) groups excluding carboxylic acids is 2. The number of likely N-dealkylation sites (tertiary alicyclic amines) is 1. The molecule has 2 aliphatic rings. The summed E-state index contributed by atoms with van der Waals surface area (Å²) in [5.74, 6) is -0.0464.